The first kappa shape index (κ1) is 80.0. The van der Waals surface area contributed by atoms with Gasteiger partial charge in [-0.2, -0.15) is 15.2 Å². The smallest absolute Gasteiger partial charge is 0.407 e. The van der Waals surface area contributed by atoms with Crippen molar-refractivity contribution in [3.8, 4) is 23.4 Å². The number of rotatable bonds is 22. The fourth-order valence-corrected chi connectivity index (χ4v) is 19.0. The standard InChI is InChI=1S/C32H39N5O5.C24H24N4O4.C17H23N3O2.C17H22N2O2/c1-31(2,40)17-41-26-10-9-25-23(16-34-37(25)27(26)18-7-8-18)29(39)35-20-12-32(13-20)14-21(15-32)42-30-22(28(33)38)11-19-5-3-4-6-24(19)36-30;25-20(29)19-9-16-7-4-8-26-21(16)28-22(19)32-18-12-24(13-18)10-17(11-24)27-23(30)31-14-15-5-2-1-3-6-15;18-11-6-17(7-11)8-12(9-17)22-16-13(15(19)21)5-10-3-1-2-4-14(10)20-16;1-17(2,3)9-8-12-6-7-14-13(16(20)21)10-18-19(14)15(12)11-4-5-11/h9-11,16,18,20-21,40H,3-8,12-15,17H2,1-2H3,(H2,33,38)(H,35,39);1-9,17-18H,10-14H2,(H2,25,29)(H,27,30);5,11-12H,1-4,6-9,18H2,(H2,19,21);6-7,10-11H,4-5,8-9H2,1-3H3,(H,20,21). The van der Waals surface area contributed by atoms with Gasteiger partial charge in [0.15, 0.2) is 5.65 Å². The first-order valence-electron chi connectivity index (χ1n) is 41.8. The number of alkyl carbamates (subject to hydrolysis) is 1. The molecule has 117 heavy (non-hydrogen) atoms. The van der Waals surface area contributed by atoms with Crippen molar-refractivity contribution in [2.75, 3.05) is 6.61 Å². The summed E-state index contributed by atoms with van der Waals surface area (Å²) in [5.74, 6) is 0.104. The molecule has 0 radical (unpaired) electrons. The highest BCUT2D eigenvalue weighted by atomic mass is 16.5. The maximum absolute atomic E-state index is 13.3. The van der Waals surface area contributed by atoms with Crippen molar-refractivity contribution < 1.29 is 62.7 Å². The molecule has 0 unspecified atom stereocenters. The van der Waals surface area contributed by atoms with Gasteiger partial charge in [0.05, 0.1) is 40.3 Å². The van der Waals surface area contributed by atoms with Crippen molar-refractivity contribution in [3.05, 3.63) is 176 Å². The third kappa shape index (κ3) is 18.0. The molecule has 27 heteroatoms. The number of hydrogen-bond donors (Lipinski definition) is 8. The summed E-state index contributed by atoms with van der Waals surface area (Å²) >= 11 is 0. The summed E-state index contributed by atoms with van der Waals surface area (Å²) in [4.78, 5) is 90.2. The zero-order valence-corrected chi connectivity index (χ0v) is 67.5. The Morgan fingerprint density at radius 3 is 1.58 bits per heavy atom. The molecule has 8 fully saturated rings. The number of carbonyl (C=O) groups is 6. The number of fused-ring (bicyclic) bond motifs is 5. The van der Waals surface area contributed by atoms with Gasteiger partial charge in [-0.15, -0.1) is 0 Å². The minimum atomic E-state index is -0.942. The summed E-state index contributed by atoms with van der Waals surface area (Å²) in [5.41, 5.74) is 35.4. The van der Waals surface area contributed by atoms with Gasteiger partial charge in [0.1, 0.15) is 59.5 Å². The van der Waals surface area contributed by atoms with Crippen LogP contribution in [0.2, 0.25) is 0 Å². The third-order valence-corrected chi connectivity index (χ3v) is 25.3. The topological polar surface area (TPSA) is 403 Å². The lowest BCUT2D eigenvalue weighted by molar-refractivity contribution is -0.0858. The number of ether oxygens (including phenoxy) is 5. The van der Waals surface area contributed by atoms with Crippen LogP contribution in [0.3, 0.4) is 0 Å². The molecule has 0 atom stereocenters. The van der Waals surface area contributed by atoms with Crippen molar-refractivity contribution in [1.82, 2.24) is 49.8 Å². The fraction of sp³-hybridized carbons (Fsp3) is 0.511. The molecule has 19 rings (SSSR count). The van der Waals surface area contributed by atoms with Crippen molar-refractivity contribution in [1.29, 1.82) is 0 Å². The second kappa shape index (κ2) is 32.2. The maximum Gasteiger partial charge on any atom is 0.407 e. The van der Waals surface area contributed by atoms with Gasteiger partial charge in [-0.3, -0.25) is 19.2 Å². The second-order valence-electron chi connectivity index (χ2n) is 36.8. The molecule has 3 spiro atoms. The van der Waals surface area contributed by atoms with Crippen LogP contribution in [-0.4, -0.2) is 134 Å². The van der Waals surface area contributed by atoms with E-state index in [1.165, 1.54) is 30.3 Å². The molecule has 0 saturated heterocycles. The Balaban J connectivity index is 0.000000122. The fourth-order valence-electron chi connectivity index (χ4n) is 19.0. The van der Waals surface area contributed by atoms with E-state index in [-0.39, 0.29) is 77.9 Å². The monoisotopic (exact) mass is 1590 g/mol. The summed E-state index contributed by atoms with van der Waals surface area (Å²) in [6, 6.07) is 27.0. The largest absolute Gasteiger partial charge is 0.489 e. The first-order valence-corrected chi connectivity index (χ1v) is 41.8. The number of carboxylic acids is 1. The van der Waals surface area contributed by atoms with Gasteiger partial charge in [-0.1, -0.05) is 57.2 Å². The molecular formula is C90H108N14O13. The van der Waals surface area contributed by atoms with E-state index < -0.39 is 29.3 Å². The van der Waals surface area contributed by atoms with E-state index >= 15 is 0 Å². The Bertz CT molecular complexity index is 5270. The highest BCUT2D eigenvalue weighted by Gasteiger charge is 2.57. The number of hydrogen-bond acceptors (Lipinski definition) is 19. The quantitative estimate of drug-likeness (QED) is 0.0312. The molecular weight excluding hydrogens is 1490 g/mol. The second-order valence-corrected chi connectivity index (χ2v) is 36.8. The third-order valence-electron chi connectivity index (χ3n) is 25.3. The van der Waals surface area contributed by atoms with E-state index in [1.54, 1.807) is 38.4 Å². The van der Waals surface area contributed by atoms with E-state index in [1.807, 2.05) is 75.8 Å². The number of primary amides is 3. The number of amides is 5. The molecule has 8 heterocycles. The van der Waals surface area contributed by atoms with Crippen LogP contribution < -0.4 is 52.5 Å². The minimum Gasteiger partial charge on any atom is -0.489 e. The Kier molecular flexibility index (Phi) is 22.1. The normalized spacial score (nSPS) is 24.4. The SMILES string of the molecule is CC(C)(C)CCc1ccc2c(C(=O)O)cnn2c1C1CC1.CC(C)(O)COc1ccc2c(C(=O)NC3CC4(C3)CC(Oc3nc5c(cc3C(N)=O)CCCC5)C4)cnn2c1C1CC1.NC(=O)c1cc2c(nc1OC1CC3(CC(N)C3)C1)CCCC2.NC(=O)c1cc2cccnc2nc1OC1CC2(CC(NC(=O)OCc3ccccc3)C2)C1. The van der Waals surface area contributed by atoms with Gasteiger partial charge < -0.3 is 67.5 Å². The number of aryl methyl sites for hydroxylation is 5. The van der Waals surface area contributed by atoms with Crippen LogP contribution >= 0.6 is 0 Å². The average molecular weight is 1590 g/mol. The predicted molar refractivity (Wildman–Crippen MR) is 436 cm³/mol. The molecule has 9 aromatic rings. The molecule has 12 N–H and O–H groups in total. The molecule has 27 nitrogen and oxygen atoms in total. The average Bonchev–Trinajstić information content (AvgIpc) is 1.71. The van der Waals surface area contributed by atoms with E-state index in [2.05, 4.69) is 62.6 Å². The molecule has 0 aliphatic heterocycles. The Labute approximate surface area is 679 Å². The van der Waals surface area contributed by atoms with E-state index in [0.29, 0.717) is 79.6 Å². The van der Waals surface area contributed by atoms with Crippen LogP contribution in [0.5, 0.6) is 23.4 Å². The Hall–Kier alpha value is -10.8. The molecule has 10 aliphatic carbocycles. The van der Waals surface area contributed by atoms with Crippen molar-refractivity contribution in [2.45, 2.75) is 262 Å². The summed E-state index contributed by atoms with van der Waals surface area (Å²) in [6.07, 6.45) is 30.7. The van der Waals surface area contributed by atoms with Crippen LogP contribution in [0.15, 0.2) is 104 Å². The van der Waals surface area contributed by atoms with E-state index in [9.17, 15) is 39.0 Å². The Morgan fingerprint density at radius 2 is 1.05 bits per heavy atom. The highest BCUT2D eigenvalue weighted by molar-refractivity contribution is 6.01. The van der Waals surface area contributed by atoms with E-state index in [0.717, 1.165) is 199 Å². The number of aliphatic hydroxyl groups is 1. The van der Waals surface area contributed by atoms with Gasteiger partial charge in [0, 0.05) is 58.6 Å². The lowest BCUT2D eigenvalue weighted by Crippen LogP contribution is -2.58. The number of nitrogens with two attached hydrogens (primary N) is 4. The first-order chi connectivity index (χ1) is 56.0. The predicted octanol–water partition coefficient (Wildman–Crippen LogP) is 12.8. The van der Waals surface area contributed by atoms with Crippen LogP contribution in [0.1, 0.15) is 278 Å². The van der Waals surface area contributed by atoms with Gasteiger partial charge in [0.25, 0.3) is 23.6 Å². The van der Waals surface area contributed by atoms with Crippen molar-refractivity contribution >= 4 is 57.8 Å². The number of nitrogens with one attached hydrogen (secondary N) is 2. The van der Waals surface area contributed by atoms with Crippen LogP contribution in [0.25, 0.3) is 22.1 Å². The zero-order valence-electron chi connectivity index (χ0n) is 67.5. The van der Waals surface area contributed by atoms with Crippen LogP contribution in [0, 0.1) is 21.7 Å². The number of aromatic nitrogens is 8. The van der Waals surface area contributed by atoms with Gasteiger partial charge in [-0.05, 0) is 273 Å². The molecule has 1 aromatic carbocycles. The number of pyridine rings is 6. The lowest BCUT2D eigenvalue weighted by atomic mass is 9.53. The van der Waals surface area contributed by atoms with Gasteiger partial charge in [-0.25, -0.2) is 33.6 Å². The highest BCUT2D eigenvalue weighted by Crippen LogP contribution is 2.59. The zero-order chi connectivity index (χ0) is 81.9. The number of carboxylic acid groups (broad SMARTS) is 1. The number of nitrogens with zero attached hydrogens (tertiary/aromatic N) is 8. The minimum absolute atomic E-state index is 0.00202. The summed E-state index contributed by atoms with van der Waals surface area (Å²) in [5, 5.41) is 35.1. The van der Waals surface area contributed by atoms with Crippen molar-refractivity contribution in [2.24, 2.45) is 44.6 Å². The molecule has 5 amide bonds. The number of carbonyl (C=O) groups excluding carboxylic acids is 5. The summed E-state index contributed by atoms with van der Waals surface area (Å²) in [7, 11) is 0. The molecule has 616 valence electrons. The number of benzene rings is 1. The maximum atomic E-state index is 13.3. The molecule has 8 aromatic heterocycles. The lowest BCUT2D eigenvalue weighted by Gasteiger charge is -2.57. The van der Waals surface area contributed by atoms with Gasteiger partial charge >= 0.3 is 12.1 Å². The van der Waals surface area contributed by atoms with Crippen LogP contribution in [0.4, 0.5) is 4.79 Å². The molecule has 0 bridgehead atoms. The molecule has 10 aliphatic rings. The van der Waals surface area contributed by atoms with E-state index in [4.69, 9.17) is 51.6 Å². The van der Waals surface area contributed by atoms with Crippen LogP contribution in [-0.2, 0) is 43.4 Å². The number of aromatic carboxylic acids is 1. The summed E-state index contributed by atoms with van der Waals surface area (Å²) in [6.45, 7) is 10.6. The van der Waals surface area contributed by atoms with Crippen molar-refractivity contribution in [3.63, 3.8) is 0 Å². The Morgan fingerprint density at radius 1 is 0.556 bits per heavy atom. The van der Waals surface area contributed by atoms with Gasteiger partial charge in [0.2, 0.25) is 17.6 Å². The summed E-state index contributed by atoms with van der Waals surface area (Å²) < 4.78 is 33.2. The molecule has 8 saturated carbocycles.